The van der Waals surface area contributed by atoms with E-state index in [1.807, 2.05) is 18.2 Å². The van der Waals surface area contributed by atoms with E-state index < -0.39 is 0 Å². The lowest BCUT2D eigenvalue weighted by atomic mass is 10.1. The van der Waals surface area contributed by atoms with Gasteiger partial charge in [-0.05, 0) is 24.5 Å². The molecule has 2 heterocycles. The number of aromatic amines is 1. The molecule has 0 spiro atoms. The van der Waals surface area contributed by atoms with Crippen LogP contribution in [0.2, 0.25) is 0 Å². The van der Waals surface area contributed by atoms with Crippen LogP contribution >= 0.6 is 0 Å². The lowest BCUT2D eigenvalue weighted by Gasteiger charge is -2.22. The third-order valence-electron chi connectivity index (χ3n) is 4.61. The van der Waals surface area contributed by atoms with Crippen LogP contribution in [0.1, 0.15) is 16.9 Å². The molecule has 132 valence electrons. The average Bonchev–Trinajstić information content (AvgIpc) is 3.10. The van der Waals surface area contributed by atoms with E-state index in [1.54, 1.807) is 11.9 Å². The Morgan fingerprint density at radius 3 is 2.80 bits per heavy atom. The minimum atomic E-state index is -0.297. The standard InChI is InChI=1S/C19H23N3O3/c1-21(19(24)16-10-17(23)18(25-2)11-20-16)12-14-8-9-22(13-14)15-6-4-3-5-7-15/h3-7,10-11,14H,8-9,12-13H2,1-2H3,(H,20,23). The zero-order valence-electron chi connectivity index (χ0n) is 14.6. The Kier molecular flexibility index (Phi) is 5.07. The molecule has 6 heteroatoms. The summed E-state index contributed by atoms with van der Waals surface area (Å²) in [5.41, 5.74) is 1.21. The van der Waals surface area contributed by atoms with Gasteiger partial charge in [0, 0.05) is 44.6 Å². The molecule has 1 aromatic carbocycles. The van der Waals surface area contributed by atoms with E-state index in [0.717, 1.165) is 19.5 Å². The SMILES string of the molecule is COc1c[nH]c(C(=O)N(C)CC2CCN(c3ccccc3)C2)cc1=O. The number of aromatic nitrogens is 1. The van der Waals surface area contributed by atoms with Crippen LogP contribution in [0.3, 0.4) is 0 Å². The van der Waals surface area contributed by atoms with E-state index in [4.69, 9.17) is 4.74 Å². The Hall–Kier alpha value is -2.76. The molecule has 1 N–H and O–H groups in total. The number of H-pyrrole nitrogens is 1. The molecular weight excluding hydrogens is 318 g/mol. The number of carbonyl (C=O) groups is 1. The third kappa shape index (κ3) is 3.84. The number of anilines is 1. The molecular formula is C19H23N3O3. The van der Waals surface area contributed by atoms with Gasteiger partial charge in [-0.2, -0.15) is 0 Å². The summed E-state index contributed by atoms with van der Waals surface area (Å²) in [4.78, 5) is 31.2. The molecule has 1 fully saturated rings. The fourth-order valence-electron chi connectivity index (χ4n) is 3.27. The number of methoxy groups -OCH3 is 1. The van der Waals surface area contributed by atoms with Crippen molar-refractivity contribution in [2.75, 3.05) is 38.7 Å². The van der Waals surface area contributed by atoms with Crippen LogP contribution in [0.25, 0.3) is 0 Å². The van der Waals surface area contributed by atoms with Crippen molar-refractivity contribution in [3.05, 3.63) is 58.5 Å². The maximum Gasteiger partial charge on any atom is 0.270 e. The molecule has 25 heavy (non-hydrogen) atoms. The third-order valence-corrected chi connectivity index (χ3v) is 4.61. The molecule has 0 saturated carbocycles. The Bertz CT molecular complexity index is 788. The van der Waals surface area contributed by atoms with E-state index in [0.29, 0.717) is 12.5 Å². The Morgan fingerprint density at radius 1 is 1.36 bits per heavy atom. The highest BCUT2D eigenvalue weighted by Crippen LogP contribution is 2.24. The van der Waals surface area contributed by atoms with Crippen molar-refractivity contribution in [1.29, 1.82) is 0 Å². The van der Waals surface area contributed by atoms with Crippen molar-refractivity contribution in [2.24, 2.45) is 5.92 Å². The van der Waals surface area contributed by atoms with Crippen LogP contribution in [-0.2, 0) is 0 Å². The number of benzene rings is 1. The molecule has 1 aliphatic rings. The summed E-state index contributed by atoms with van der Waals surface area (Å²) >= 11 is 0. The van der Waals surface area contributed by atoms with Crippen molar-refractivity contribution >= 4 is 11.6 Å². The molecule has 1 saturated heterocycles. The largest absolute Gasteiger partial charge is 0.491 e. The van der Waals surface area contributed by atoms with E-state index in [1.165, 1.54) is 25.1 Å². The van der Waals surface area contributed by atoms with E-state index in [-0.39, 0.29) is 22.8 Å². The molecule has 1 aromatic heterocycles. The number of nitrogens with zero attached hydrogens (tertiary/aromatic N) is 2. The van der Waals surface area contributed by atoms with Crippen LogP contribution < -0.4 is 15.1 Å². The lowest BCUT2D eigenvalue weighted by molar-refractivity contribution is 0.0770. The molecule has 1 unspecified atom stereocenters. The molecule has 0 aliphatic carbocycles. The normalized spacial score (nSPS) is 16.7. The van der Waals surface area contributed by atoms with Crippen LogP contribution in [0.15, 0.2) is 47.4 Å². The van der Waals surface area contributed by atoms with E-state index in [2.05, 4.69) is 22.0 Å². The van der Waals surface area contributed by atoms with Gasteiger partial charge in [0.1, 0.15) is 5.69 Å². The summed E-state index contributed by atoms with van der Waals surface area (Å²) in [6.07, 6.45) is 2.47. The number of ether oxygens (including phenoxy) is 1. The van der Waals surface area contributed by atoms with Crippen molar-refractivity contribution in [3.63, 3.8) is 0 Å². The van der Waals surface area contributed by atoms with Gasteiger partial charge in [-0.1, -0.05) is 18.2 Å². The Labute approximate surface area is 147 Å². The first-order valence-electron chi connectivity index (χ1n) is 8.40. The number of hydrogen-bond donors (Lipinski definition) is 1. The second-order valence-corrected chi connectivity index (χ2v) is 6.40. The minimum Gasteiger partial charge on any atom is -0.491 e. The number of carbonyl (C=O) groups excluding carboxylic acids is 1. The Balaban J connectivity index is 1.61. The maximum absolute atomic E-state index is 12.5. The van der Waals surface area contributed by atoms with Crippen molar-refractivity contribution in [3.8, 4) is 5.75 Å². The predicted molar refractivity (Wildman–Crippen MR) is 97.3 cm³/mol. The first-order chi connectivity index (χ1) is 12.1. The van der Waals surface area contributed by atoms with Gasteiger partial charge >= 0.3 is 0 Å². The van der Waals surface area contributed by atoms with Gasteiger partial charge in [0.25, 0.3) is 5.91 Å². The van der Waals surface area contributed by atoms with Gasteiger partial charge < -0.3 is 19.5 Å². The molecule has 3 rings (SSSR count). The molecule has 0 radical (unpaired) electrons. The summed E-state index contributed by atoms with van der Waals surface area (Å²) in [7, 11) is 3.20. The predicted octanol–water partition coefficient (Wildman–Crippen LogP) is 1.98. The number of nitrogens with one attached hydrogen (secondary N) is 1. The van der Waals surface area contributed by atoms with Crippen LogP contribution in [-0.4, -0.2) is 49.6 Å². The molecule has 1 aliphatic heterocycles. The highest BCUT2D eigenvalue weighted by molar-refractivity contribution is 5.92. The zero-order valence-corrected chi connectivity index (χ0v) is 14.6. The zero-order chi connectivity index (χ0) is 17.8. The fourth-order valence-corrected chi connectivity index (χ4v) is 3.27. The molecule has 2 aromatic rings. The van der Waals surface area contributed by atoms with Crippen molar-refractivity contribution in [2.45, 2.75) is 6.42 Å². The van der Waals surface area contributed by atoms with Crippen molar-refractivity contribution < 1.29 is 9.53 Å². The van der Waals surface area contributed by atoms with Gasteiger partial charge in [-0.3, -0.25) is 9.59 Å². The number of rotatable bonds is 5. The maximum atomic E-state index is 12.5. The van der Waals surface area contributed by atoms with E-state index >= 15 is 0 Å². The topological polar surface area (TPSA) is 65.6 Å². The summed E-state index contributed by atoms with van der Waals surface area (Å²) in [5, 5.41) is 0. The summed E-state index contributed by atoms with van der Waals surface area (Å²) in [6.45, 7) is 2.59. The number of para-hydroxylation sites is 1. The van der Waals surface area contributed by atoms with Crippen LogP contribution in [0, 0.1) is 5.92 Å². The fraction of sp³-hybridized carbons (Fsp3) is 0.368. The molecule has 1 amide bonds. The number of hydrogen-bond acceptors (Lipinski definition) is 4. The second kappa shape index (κ2) is 7.42. The van der Waals surface area contributed by atoms with Gasteiger partial charge in [0.15, 0.2) is 5.75 Å². The second-order valence-electron chi connectivity index (χ2n) is 6.40. The number of amides is 1. The first-order valence-corrected chi connectivity index (χ1v) is 8.40. The summed E-state index contributed by atoms with van der Waals surface area (Å²) in [5.74, 6) is 0.436. The summed E-state index contributed by atoms with van der Waals surface area (Å²) in [6, 6.07) is 11.6. The highest BCUT2D eigenvalue weighted by atomic mass is 16.5. The highest BCUT2D eigenvalue weighted by Gasteiger charge is 2.25. The van der Waals surface area contributed by atoms with Crippen molar-refractivity contribution in [1.82, 2.24) is 9.88 Å². The van der Waals surface area contributed by atoms with Gasteiger partial charge in [0.2, 0.25) is 5.43 Å². The molecule has 6 nitrogen and oxygen atoms in total. The van der Waals surface area contributed by atoms with E-state index in [9.17, 15) is 9.59 Å². The monoisotopic (exact) mass is 341 g/mol. The lowest BCUT2D eigenvalue weighted by Crippen LogP contribution is -2.34. The van der Waals surface area contributed by atoms with Gasteiger partial charge in [-0.15, -0.1) is 0 Å². The Morgan fingerprint density at radius 2 is 2.12 bits per heavy atom. The van der Waals surface area contributed by atoms with Crippen LogP contribution in [0.5, 0.6) is 5.75 Å². The quantitative estimate of drug-likeness (QED) is 0.903. The first kappa shape index (κ1) is 17.1. The summed E-state index contributed by atoms with van der Waals surface area (Å²) < 4.78 is 4.93. The van der Waals surface area contributed by atoms with Crippen LogP contribution in [0.4, 0.5) is 5.69 Å². The smallest absolute Gasteiger partial charge is 0.270 e. The molecule has 1 atom stereocenters. The number of pyridine rings is 1. The molecule has 0 bridgehead atoms. The minimum absolute atomic E-state index is 0.182. The van der Waals surface area contributed by atoms with Gasteiger partial charge in [-0.25, -0.2) is 0 Å². The average molecular weight is 341 g/mol. The van der Waals surface area contributed by atoms with Gasteiger partial charge in [0.05, 0.1) is 7.11 Å².